The summed E-state index contributed by atoms with van der Waals surface area (Å²) in [5.41, 5.74) is 0.806. The molecule has 0 radical (unpaired) electrons. The van der Waals surface area contributed by atoms with Gasteiger partial charge in [-0.25, -0.2) is 0 Å². The number of benzene rings is 2. The van der Waals surface area contributed by atoms with Crippen LogP contribution in [0.2, 0.25) is 0 Å². The van der Waals surface area contributed by atoms with Crippen molar-refractivity contribution >= 4 is 11.6 Å². The lowest BCUT2D eigenvalue weighted by molar-refractivity contribution is -0.384. The van der Waals surface area contributed by atoms with Gasteiger partial charge in [-0.05, 0) is 44.5 Å². The molecule has 0 bridgehead atoms. The van der Waals surface area contributed by atoms with Crippen molar-refractivity contribution in [1.82, 2.24) is 5.32 Å². The zero-order chi connectivity index (χ0) is 19.3. The summed E-state index contributed by atoms with van der Waals surface area (Å²) in [5, 5.41) is 13.8. The molecule has 0 saturated carbocycles. The van der Waals surface area contributed by atoms with Gasteiger partial charge in [0.2, 0.25) is 0 Å². The van der Waals surface area contributed by atoms with Gasteiger partial charge in [0.15, 0.2) is 0 Å². The normalized spacial score (nSPS) is 11.7. The predicted molar refractivity (Wildman–Crippen MR) is 97.7 cm³/mol. The molecule has 1 unspecified atom stereocenters. The maximum Gasteiger partial charge on any atom is 0.270 e. The summed E-state index contributed by atoms with van der Waals surface area (Å²) < 4.78 is 10.8. The molecule has 0 aliphatic heterocycles. The third-order valence-electron chi connectivity index (χ3n) is 3.72. The second kappa shape index (κ2) is 8.33. The van der Waals surface area contributed by atoms with Crippen LogP contribution in [0.4, 0.5) is 5.69 Å². The van der Waals surface area contributed by atoms with Crippen molar-refractivity contribution in [3.63, 3.8) is 0 Å². The van der Waals surface area contributed by atoms with Crippen molar-refractivity contribution in [2.45, 2.75) is 32.9 Å². The standard InChI is InChI=1S/C19H22N2O5/c1-12(2)26-16-7-5-6-14(10-16)13(3)20-19(22)17-11-15(21(23)24)8-9-18(17)25-4/h5-13H,1-4H3,(H,20,22). The summed E-state index contributed by atoms with van der Waals surface area (Å²) in [5.74, 6) is 0.539. The fraction of sp³-hybridized carbons (Fsp3) is 0.316. The van der Waals surface area contributed by atoms with Gasteiger partial charge >= 0.3 is 0 Å². The minimum Gasteiger partial charge on any atom is -0.496 e. The third kappa shape index (κ3) is 4.72. The molecule has 2 aromatic carbocycles. The molecule has 2 rings (SSSR count). The Bertz CT molecular complexity index is 804. The Morgan fingerprint density at radius 1 is 1.15 bits per heavy atom. The summed E-state index contributed by atoms with van der Waals surface area (Å²) in [6.45, 7) is 5.70. The van der Waals surface area contributed by atoms with E-state index >= 15 is 0 Å². The Kier molecular flexibility index (Phi) is 6.16. The molecule has 7 nitrogen and oxygen atoms in total. The number of methoxy groups -OCH3 is 1. The molecular formula is C19H22N2O5. The smallest absolute Gasteiger partial charge is 0.270 e. The topological polar surface area (TPSA) is 90.7 Å². The SMILES string of the molecule is COc1ccc([N+](=O)[O-])cc1C(=O)NC(C)c1cccc(OC(C)C)c1. The van der Waals surface area contributed by atoms with Gasteiger partial charge < -0.3 is 14.8 Å². The molecule has 0 saturated heterocycles. The molecule has 0 aromatic heterocycles. The first-order valence-electron chi connectivity index (χ1n) is 8.21. The number of carbonyl (C=O) groups is 1. The Morgan fingerprint density at radius 2 is 1.88 bits per heavy atom. The van der Waals surface area contributed by atoms with E-state index in [4.69, 9.17) is 9.47 Å². The number of hydrogen-bond acceptors (Lipinski definition) is 5. The largest absolute Gasteiger partial charge is 0.496 e. The van der Waals surface area contributed by atoms with E-state index in [1.165, 1.54) is 25.3 Å². The highest BCUT2D eigenvalue weighted by atomic mass is 16.6. The Labute approximate surface area is 152 Å². The molecule has 0 heterocycles. The minimum atomic E-state index is -0.549. The van der Waals surface area contributed by atoms with Gasteiger partial charge in [0.1, 0.15) is 11.5 Å². The van der Waals surface area contributed by atoms with Crippen molar-refractivity contribution < 1.29 is 19.2 Å². The van der Waals surface area contributed by atoms with E-state index in [-0.39, 0.29) is 29.1 Å². The molecule has 1 amide bonds. The molecule has 0 spiro atoms. The van der Waals surface area contributed by atoms with Crippen LogP contribution in [-0.2, 0) is 0 Å². The zero-order valence-electron chi connectivity index (χ0n) is 15.2. The van der Waals surface area contributed by atoms with E-state index in [0.717, 1.165) is 5.56 Å². The number of carbonyl (C=O) groups excluding carboxylic acids is 1. The number of rotatable bonds is 7. The highest BCUT2D eigenvalue weighted by molar-refractivity contribution is 5.97. The number of non-ortho nitro benzene ring substituents is 1. The fourth-order valence-corrected chi connectivity index (χ4v) is 2.47. The maximum atomic E-state index is 12.6. The van der Waals surface area contributed by atoms with Crippen LogP contribution in [0, 0.1) is 10.1 Å². The number of ether oxygens (including phenoxy) is 2. The Balaban J connectivity index is 2.21. The quantitative estimate of drug-likeness (QED) is 0.599. The zero-order valence-corrected chi connectivity index (χ0v) is 15.2. The number of nitrogens with zero attached hydrogens (tertiary/aromatic N) is 1. The van der Waals surface area contributed by atoms with E-state index in [1.807, 2.05) is 45.0 Å². The number of amides is 1. The van der Waals surface area contributed by atoms with E-state index in [1.54, 1.807) is 0 Å². The first-order chi connectivity index (χ1) is 12.3. The second-order valence-corrected chi connectivity index (χ2v) is 6.08. The number of hydrogen-bond donors (Lipinski definition) is 1. The third-order valence-corrected chi connectivity index (χ3v) is 3.72. The first-order valence-corrected chi connectivity index (χ1v) is 8.21. The van der Waals surface area contributed by atoms with Gasteiger partial charge in [0.25, 0.3) is 11.6 Å². The maximum absolute atomic E-state index is 12.6. The van der Waals surface area contributed by atoms with E-state index < -0.39 is 10.8 Å². The van der Waals surface area contributed by atoms with Crippen LogP contribution in [0.25, 0.3) is 0 Å². The summed E-state index contributed by atoms with van der Waals surface area (Å²) in [6, 6.07) is 11.0. The fourth-order valence-electron chi connectivity index (χ4n) is 2.47. The summed E-state index contributed by atoms with van der Waals surface area (Å²) in [4.78, 5) is 23.0. The first kappa shape index (κ1) is 19.2. The lowest BCUT2D eigenvalue weighted by Crippen LogP contribution is -2.27. The molecular weight excluding hydrogens is 336 g/mol. The van der Waals surface area contributed by atoms with Gasteiger partial charge in [-0.2, -0.15) is 0 Å². The van der Waals surface area contributed by atoms with Crippen LogP contribution in [0.5, 0.6) is 11.5 Å². The van der Waals surface area contributed by atoms with Crippen molar-refractivity contribution in [1.29, 1.82) is 0 Å². The van der Waals surface area contributed by atoms with Crippen LogP contribution < -0.4 is 14.8 Å². The van der Waals surface area contributed by atoms with Gasteiger partial charge in [-0.15, -0.1) is 0 Å². The highest BCUT2D eigenvalue weighted by Gasteiger charge is 2.19. The number of nitro groups is 1. The predicted octanol–water partition coefficient (Wildman–Crippen LogP) is 3.88. The Hall–Kier alpha value is -3.09. The molecule has 0 fully saturated rings. The minimum absolute atomic E-state index is 0.0456. The molecule has 26 heavy (non-hydrogen) atoms. The molecule has 0 aliphatic rings. The van der Waals surface area contributed by atoms with Crippen LogP contribution in [0.15, 0.2) is 42.5 Å². The van der Waals surface area contributed by atoms with Crippen molar-refractivity contribution in [2.75, 3.05) is 7.11 Å². The van der Waals surface area contributed by atoms with Crippen molar-refractivity contribution in [3.05, 3.63) is 63.7 Å². The number of nitrogens with one attached hydrogen (secondary N) is 1. The van der Waals surface area contributed by atoms with E-state index in [2.05, 4.69) is 5.32 Å². The van der Waals surface area contributed by atoms with Gasteiger partial charge in [-0.3, -0.25) is 14.9 Å². The van der Waals surface area contributed by atoms with E-state index in [0.29, 0.717) is 5.75 Å². The van der Waals surface area contributed by atoms with Gasteiger partial charge in [-0.1, -0.05) is 12.1 Å². The second-order valence-electron chi connectivity index (χ2n) is 6.08. The van der Waals surface area contributed by atoms with Gasteiger partial charge in [0, 0.05) is 12.1 Å². The molecule has 1 atom stereocenters. The van der Waals surface area contributed by atoms with Crippen molar-refractivity contribution in [2.24, 2.45) is 0 Å². The average Bonchev–Trinajstić information content (AvgIpc) is 2.60. The summed E-state index contributed by atoms with van der Waals surface area (Å²) in [7, 11) is 1.41. The van der Waals surface area contributed by atoms with Gasteiger partial charge in [0.05, 0.1) is 29.7 Å². The van der Waals surface area contributed by atoms with Crippen molar-refractivity contribution in [3.8, 4) is 11.5 Å². The molecule has 1 N–H and O–H groups in total. The Morgan fingerprint density at radius 3 is 2.50 bits per heavy atom. The highest BCUT2D eigenvalue weighted by Crippen LogP contribution is 2.25. The van der Waals surface area contributed by atoms with Crippen LogP contribution in [-0.4, -0.2) is 24.0 Å². The lowest BCUT2D eigenvalue weighted by Gasteiger charge is -2.17. The van der Waals surface area contributed by atoms with Crippen LogP contribution >= 0.6 is 0 Å². The molecule has 0 aliphatic carbocycles. The summed E-state index contributed by atoms with van der Waals surface area (Å²) >= 11 is 0. The molecule has 138 valence electrons. The average molecular weight is 358 g/mol. The monoisotopic (exact) mass is 358 g/mol. The van der Waals surface area contributed by atoms with Crippen LogP contribution in [0.1, 0.15) is 42.7 Å². The van der Waals surface area contributed by atoms with E-state index in [9.17, 15) is 14.9 Å². The molecule has 7 heteroatoms. The number of nitro benzene ring substituents is 1. The molecule has 2 aromatic rings. The van der Waals surface area contributed by atoms with Crippen LogP contribution in [0.3, 0.4) is 0 Å². The lowest BCUT2D eigenvalue weighted by atomic mass is 10.1. The summed E-state index contributed by atoms with van der Waals surface area (Å²) in [6.07, 6.45) is 0.0456.